The van der Waals surface area contributed by atoms with Crippen LogP contribution in [0.3, 0.4) is 0 Å². The Kier molecular flexibility index (Phi) is 3.94. The molecule has 0 aliphatic carbocycles. The maximum atomic E-state index is 11.9. The van der Waals surface area contributed by atoms with E-state index in [0.717, 1.165) is 11.3 Å². The predicted octanol–water partition coefficient (Wildman–Crippen LogP) is 2.77. The molecular weight excluding hydrogens is 216 g/mol. The Hall–Kier alpha value is -1.35. The third kappa shape index (κ3) is 3.07. The Bertz CT molecular complexity index is 414. The molecule has 1 aromatic carbocycles. The fourth-order valence-corrected chi connectivity index (χ4v) is 1.68. The molecule has 1 rings (SSSR count). The van der Waals surface area contributed by atoms with Gasteiger partial charge >= 0.3 is 0 Å². The minimum atomic E-state index is -1.34. The van der Waals surface area contributed by atoms with Gasteiger partial charge in [0.2, 0.25) is 0 Å². The van der Waals surface area contributed by atoms with Gasteiger partial charge in [0, 0.05) is 5.56 Å². The zero-order valence-electron chi connectivity index (χ0n) is 11.1. The first-order valence-corrected chi connectivity index (χ1v) is 5.72. The molecule has 1 aromatic rings. The molecule has 17 heavy (non-hydrogen) atoms. The zero-order valence-corrected chi connectivity index (χ0v) is 11.1. The highest BCUT2D eigenvalue weighted by molar-refractivity contribution is 6.02. The van der Waals surface area contributed by atoms with E-state index in [1.54, 1.807) is 25.3 Å². The molecule has 0 spiro atoms. The highest BCUT2D eigenvalue weighted by Crippen LogP contribution is 2.28. The number of benzene rings is 1. The van der Waals surface area contributed by atoms with E-state index in [1.807, 2.05) is 13.8 Å². The van der Waals surface area contributed by atoms with E-state index in [1.165, 1.54) is 13.8 Å². The van der Waals surface area contributed by atoms with Gasteiger partial charge in [0.25, 0.3) is 0 Å². The minimum Gasteiger partial charge on any atom is -0.496 e. The minimum absolute atomic E-state index is 0.263. The van der Waals surface area contributed by atoms with Crippen LogP contribution in [0, 0.1) is 0 Å². The molecular formula is C14H20O3. The molecule has 0 aliphatic heterocycles. The van der Waals surface area contributed by atoms with Gasteiger partial charge in [0.05, 0.1) is 7.11 Å². The van der Waals surface area contributed by atoms with Crippen LogP contribution in [0.5, 0.6) is 5.75 Å². The largest absolute Gasteiger partial charge is 0.496 e. The van der Waals surface area contributed by atoms with Gasteiger partial charge in [-0.3, -0.25) is 4.79 Å². The standard InChI is InChI=1S/C14H20O3/c1-9(2)11-8-10(6-7-12(11)17-5)13(15)14(3,4)16/h6-9,16H,1-5H3. The van der Waals surface area contributed by atoms with Crippen LogP contribution < -0.4 is 4.74 Å². The lowest BCUT2D eigenvalue weighted by Gasteiger charge is -2.18. The van der Waals surface area contributed by atoms with Gasteiger partial charge in [-0.05, 0) is 43.5 Å². The van der Waals surface area contributed by atoms with Crippen LogP contribution in [0.4, 0.5) is 0 Å². The van der Waals surface area contributed by atoms with Gasteiger partial charge < -0.3 is 9.84 Å². The van der Waals surface area contributed by atoms with Crippen LogP contribution in [0.25, 0.3) is 0 Å². The second kappa shape index (κ2) is 4.88. The molecule has 0 aromatic heterocycles. The van der Waals surface area contributed by atoms with Crippen LogP contribution >= 0.6 is 0 Å². The number of rotatable bonds is 4. The number of carbonyl (C=O) groups excluding carboxylic acids is 1. The first-order chi connectivity index (χ1) is 7.77. The molecule has 0 fully saturated rings. The van der Waals surface area contributed by atoms with E-state index in [9.17, 15) is 9.90 Å². The van der Waals surface area contributed by atoms with Crippen molar-refractivity contribution < 1.29 is 14.6 Å². The van der Waals surface area contributed by atoms with Crippen molar-refractivity contribution in [3.8, 4) is 5.75 Å². The van der Waals surface area contributed by atoms with Gasteiger partial charge in [-0.25, -0.2) is 0 Å². The number of methoxy groups -OCH3 is 1. The van der Waals surface area contributed by atoms with Crippen LogP contribution in [0.15, 0.2) is 18.2 Å². The first kappa shape index (κ1) is 13.7. The third-order valence-corrected chi connectivity index (χ3v) is 2.67. The van der Waals surface area contributed by atoms with E-state index in [0.29, 0.717) is 5.56 Å². The Balaban J connectivity index is 3.22. The average Bonchev–Trinajstić information content (AvgIpc) is 2.25. The lowest BCUT2D eigenvalue weighted by Crippen LogP contribution is -2.31. The summed E-state index contributed by atoms with van der Waals surface area (Å²) in [5, 5.41) is 9.71. The fourth-order valence-electron chi connectivity index (χ4n) is 1.68. The van der Waals surface area contributed by atoms with E-state index >= 15 is 0 Å². The number of aliphatic hydroxyl groups is 1. The van der Waals surface area contributed by atoms with E-state index in [-0.39, 0.29) is 11.7 Å². The summed E-state index contributed by atoms with van der Waals surface area (Å²) in [6.45, 7) is 7.07. The molecule has 0 radical (unpaired) electrons. The second-order valence-electron chi connectivity index (χ2n) is 5.00. The first-order valence-electron chi connectivity index (χ1n) is 5.72. The summed E-state index contributed by atoms with van der Waals surface area (Å²) < 4.78 is 5.25. The molecule has 0 saturated carbocycles. The highest BCUT2D eigenvalue weighted by atomic mass is 16.5. The molecule has 0 heterocycles. The number of ether oxygens (including phenoxy) is 1. The fraction of sp³-hybridized carbons (Fsp3) is 0.500. The Morgan fingerprint density at radius 1 is 1.35 bits per heavy atom. The average molecular weight is 236 g/mol. The Morgan fingerprint density at radius 3 is 2.35 bits per heavy atom. The summed E-state index contributed by atoms with van der Waals surface area (Å²) in [6, 6.07) is 5.25. The van der Waals surface area contributed by atoms with Gasteiger partial charge in [0.15, 0.2) is 5.78 Å². The summed E-state index contributed by atoms with van der Waals surface area (Å²) in [5.74, 6) is 0.758. The summed E-state index contributed by atoms with van der Waals surface area (Å²) in [6.07, 6.45) is 0. The van der Waals surface area contributed by atoms with Crippen molar-refractivity contribution in [3.63, 3.8) is 0 Å². The third-order valence-electron chi connectivity index (χ3n) is 2.67. The van der Waals surface area contributed by atoms with E-state index in [2.05, 4.69) is 0 Å². The lowest BCUT2D eigenvalue weighted by atomic mass is 9.92. The number of hydrogen-bond acceptors (Lipinski definition) is 3. The van der Waals surface area contributed by atoms with Crippen molar-refractivity contribution in [3.05, 3.63) is 29.3 Å². The molecule has 0 amide bonds. The van der Waals surface area contributed by atoms with Crippen molar-refractivity contribution in [2.75, 3.05) is 7.11 Å². The zero-order chi connectivity index (χ0) is 13.2. The second-order valence-corrected chi connectivity index (χ2v) is 5.00. The number of carbonyl (C=O) groups is 1. The van der Waals surface area contributed by atoms with Crippen LogP contribution in [0.1, 0.15) is 49.5 Å². The van der Waals surface area contributed by atoms with Crippen molar-refractivity contribution in [2.24, 2.45) is 0 Å². The summed E-state index contributed by atoms with van der Waals surface area (Å²) in [5.41, 5.74) is 0.146. The number of ketones is 1. The summed E-state index contributed by atoms with van der Waals surface area (Å²) >= 11 is 0. The Labute approximate surface area is 102 Å². The molecule has 0 unspecified atom stereocenters. The van der Waals surface area contributed by atoms with Crippen LogP contribution in [-0.4, -0.2) is 23.6 Å². The van der Waals surface area contributed by atoms with Gasteiger partial charge in [-0.2, -0.15) is 0 Å². The highest BCUT2D eigenvalue weighted by Gasteiger charge is 2.26. The lowest BCUT2D eigenvalue weighted by molar-refractivity contribution is 0.0488. The molecule has 0 aliphatic rings. The molecule has 3 heteroatoms. The molecule has 0 bridgehead atoms. The maximum absolute atomic E-state index is 11.9. The summed E-state index contributed by atoms with van der Waals surface area (Å²) in [4.78, 5) is 11.9. The van der Waals surface area contributed by atoms with Crippen LogP contribution in [-0.2, 0) is 0 Å². The van der Waals surface area contributed by atoms with Crippen molar-refractivity contribution in [2.45, 2.75) is 39.2 Å². The maximum Gasteiger partial charge on any atom is 0.193 e. The topological polar surface area (TPSA) is 46.5 Å². The van der Waals surface area contributed by atoms with Gasteiger partial charge in [-0.1, -0.05) is 13.8 Å². The molecule has 3 nitrogen and oxygen atoms in total. The monoisotopic (exact) mass is 236 g/mol. The van der Waals surface area contributed by atoms with E-state index in [4.69, 9.17) is 4.74 Å². The molecule has 1 N–H and O–H groups in total. The van der Waals surface area contributed by atoms with Gasteiger partial charge in [0.1, 0.15) is 11.4 Å². The number of Topliss-reactive ketones (excluding diaryl/α,β-unsaturated/α-hetero) is 1. The summed E-state index contributed by atoms with van der Waals surface area (Å²) in [7, 11) is 1.61. The smallest absolute Gasteiger partial charge is 0.193 e. The quantitative estimate of drug-likeness (QED) is 0.818. The normalized spacial score (nSPS) is 11.7. The molecule has 94 valence electrons. The Morgan fingerprint density at radius 2 is 1.94 bits per heavy atom. The SMILES string of the molecule is COc1ccc(C(=O)C(C)(C)O)cc1C(C)C. The van der Waals surface area contributed by atoms with Crippen LogP contribution in [0.2, 0.25) is 0 Å². The van der Waals surface area contributed by atoms with Crippen molar-refractivity contribution in [1.82, 2.24) is 0 Å². The van der Waals surface area contributed by atoms with Crippen molar-refractivity contribution in [1.29, 1.82) is 0 Å². The number of hydrogen-bond donors (Lipinski definition) is 1. The van der Waals surface area contributed by atoms with Crippen molar-refractivity contribution >= 4 is 5.78 Å². The van der Waals surface area contributed by atoms with E-state index < -0.39 is 5.60 Å². The van der Waals surface area contributed by atoms with Gasteiger partial charge in [-0.15, -0.1) is 0 Å². The molecule has 0 atom stereocenters. The predicted molar refractivity (Wildman–Crippen MR) is 67.7 cm³/mol. The molecule has 0 saturated heterocycles.